The molecule has 4 nitrogen and oxygen atoms in total. The summed E-state index contributed by atoms with van der Waals surface area (Å²) in [6.07, 6.45) is 0.124. The Balaban J connectivity index is 2.22. The Morgan fingerprint density at radius 3 is 2.40 bits per heavy atom. The Hall–Kier alpha value is -1.11. The number of benzene rings is 1. The normalized spacial score (nSPS) is 10.4. The van der Waals surface area contributed by atoms with Crippen LogP contribution in [0.1, 0.15) is 32.3 Å². The van der Waals surface area contributed by atoms with Gasteiger partial charge in [-0.2, -0.15) is 0 Å². The van der Waals surface area contributed by atoms with Crippen molar-refractivity contribution >= 4 is 34.5 Å². The molecule has 20 heavy (non-hydrogen) atoms. The molecule has 0 saturated carbocycles. The molecular weight excluding hydrogens is 371 g/mol. The topological polar surface area (TPSA) is 52.6 Å². The molecular formula is C15H19IO4. The summed E-state index contributed by atoms with van der Waals surface area (Å²) in [6.45, 7) is 4.54. The van der Waals surface area contributed by atoms with Crippen LogP contribution >= 0.6 is 22.6 Å². The maximum Gasteiger partial charge on any atom is 0.306 e. The predicted octanol–water partition coefficient (Wildman–Crippen LogP) is 3.31. The van der Waals surface area contributed by atoms with E-state index in [1.54, 1.807) is 0 Å². The smallest absolute Gasteiger partial charge is 0.306 e. The fraction of sp³-hybridized carbons (Fsp3) is 0.467. The number of halogens is 1. The third-order valence-corrected chi connectivity index (χ3v) is 3.07. The Morgan fingerprint density at radius 2 is 1.80 bits per heavy atom. The molecule has 0 aliphatic rings. The van der Waals surface area contributed by atoms with Gasteiger partial charge in [0, 0.05) is 3.57 Å². The molecule has 0 N–H and O–H groups in total. The molecule has 0 aliphatic carbocycles. The summed E-state index contributed by atoms with van der Waals surface area (Å²) in [5.74, 6) is -0.443. The van der Waals surface area contributed by atoms with Crippen molar-refractivity contribution < 1.29 is 19.1 Å². The van der Waals surface area contributed by atoms with Crippen LogP contribution in [0.15, 0.2) is 24.3 Å². The summed E-state index contributed by atoms with van der Waals surface area (Å²) in [6, 6.07) is 7.72. The molecule has 0 unspecified atom stereocenters. The van der Waals surface area contributed by atoms with E-state index < -0.39 is 0 Å². The van der Waals surface area contributed by atoms with E-state index in [0.717, 1.165) is 9.13 Å². The summed E-state index contributed by atoms with van der Waals surface area (Å²) < 4.78 is 11.2. The number of hydrogen-bond donors (Lipinski definition) is 0. The van der Waals surface area contributed by atoms with Gasteiger partial charge in [-0.05, 0) is 46.2 Å². The highest BCUT2D eigenvalue weighted by atomic mass is 127. The van der Waals surface area contributed by atoms with Crippen LogP contribution in [0.5, 0.6) is 0 Å². The lowest BCUT2D eigenvalue weighted by molar-refractivity contribution is -0.151. The van der Waals surface area contributed by atoms with Crippen molar-refractivity contribution in [1.29, 1.82) is 0 Å². The van der Waals surface area contributed by atoms with Crippen LogP contribution in [0, 0.1) is 9.49 Å². The van der Waals surface area contributed by atoms with Crippen molar-refractivity contribution in [3.63, 3.8) is 0 Å². The van der Waals surface area contributed by atoms with Gasteiger partial charge in [0.2, 0.25) is 0 Å². The second-order valence-corrected chi connectivity index (χ2v) is 6.11. The monoisotopic (exact) mass is 390 g/mol. The lowest BCUT2D eigenvalue weighted by Gasteiger charge is -2.07. The lowest BCUT2D eigenvalue weighted by Crippen LogP contribution is -2.12. The van der Waals surface area contributed by atoms with Crippen LogP contribution in [0.3, 0.4) is 0 Å². The molecule has 0 saturated heterocycles. The largest absolute Gasteiger partial charge is 0.465 e. The number of hydrogen-bond acceptors (Lipinski definition) is 4. The van der Waals surface area contributed by atoms with E-state index in [1.165, 1.54) is 0 Å². The van der Waals surface area contributed by atoms with Crippen LogP contribution < -0.4 is 0 Å². The average Bonchev–Trinajstić information content (AvgIpc) is 2.40. The molecule has 1 aromatic carbocycles. The molecule has 0 fully saturated rings. The third-order valence-electron chi connectivity index (χ3n) is 2.40. The van der Waals surface area contributed by atoms with Gasteiger partial charge in [-0.15, -0.1) is 0 Å². The Bertz CT molecular complexity index is 457. The van der Waals surface area contributed by atoms with E-state index in [4.69, 9.17) is 9.47 Å². The maximum absolute atomic E-state index is 11.5. The van der Waals surface area contributed by atoms with Gasteiger partial charge >= 0.3 is 11.9 Å². The van der Waals surface area contributed by atoms with E-state index >= 15 is 0 Å². The second-order valence-electron chi connectivity index (χ2n) is 4.87. The van der Waals surface area contributed by atoms with E-state index in [0.29, 0.717) is 12.5 Å². The molecule has 1 rings (SSSR count). The van der Waals surface area contributed by atoms with Gasteiger partial charge in [-0.3, -0.25) is 9.59 Å². The van der Waals surface area contributed by atoms with E-state index in [-0.39, 0.29) is 31.4 Å². The highest BCUT2D eigenvalue weighted by Gasteiger charge is 2.10. The molecule has 0 bridgehead atoms. The summed E-state index contributed by atoms with van der Waals surface area (Å²) in [7, 11) is 0. The Morgan fingerprint density at radius 1 is 1.15 bits per heavy atom. The summed E-state index contributed by atoms with van der Waals surface area (Å²) in [5, 5.41) is 0. The van der Waals surface area contributed by atoms with Gasteiger partial charge in [0.15, 0.2) is 0 Å². The standard InChI is InChI=1S/C15H19IO4/c1-11(2)9-19-14(17)6-7-15(18)20-10-12-4-3-5-13(16)8-12/h3-5,8,11H,6-7,9-10H2,1-2H3. The highest BCUT2D eigenvalue weighted by Crippen LogP contribution is 2.09. The molecule has 0 atom stereocenters. The van der Waals surface area contributed by atoms with Crippen molar-refractivity contribution in [1.82, 2.24) is 0 Å². The van der Waals surface area contributed by atoms with Gasteiger partial charge in [0.1, 0.15) is 6.61 Å². The Labute approximate surface area is 133 Å². The Kier molecular flexibility index (Phi) is 7.58. The molecule has 0 heterocycles. The molecule has 0 amide bonds. The van der Waals surface area contributed by atoms with E-state index in [2.05, 4.69) is 22.6 Å². The molecule has 0 aromatic heterocycles. The number of ether oxygens (including phenoxy) is 2. The SMILES string of the molecule is CC(C)COC(=O)CCC(=O)OCc1cccc(I)c1. The second kappa shape index (κ2) is 8.94. The van der Waals surface area contributed by atoms with Crippen LogP contribution in [-0.2, 0) is 25.7 Å². The van der Waals surface area contributed by atoms with Crippen LogP contribution in [0.25, 0.3) is 0 Å². The van der Waals surface area contributed by atoms with E-state index in [9.17, 15) is 9.59 Å². The molecule has 0 spiro atoms. The quantitative estimate of drug-likeness (QED) is 0.530. The predicted molar refractivity (Wildman–Crippen MR) is 84.0 cm³/mol. The molecule has 0 aliphatic heterocycles. The minimum Gasteiger partial charge on any atom is -0.465 e. The lowest BCUT2D eigenvalue weighted by atomic mass is 10.2. The first-order valence-electron chi connectivity index (χ1n) is 6.53. The van der Waals surface area contributed by atoms with Crippen LogP contribution in [-0.4, -0.2) is 18.5 Å². The van der Waals surface area contributed by atoms with Crippen molar-refractivity contribution in [3.05, 3.63) is 33.4 Å². The summed E-state index contributed by atoms with van der Waals surface area (Å²) in [4.78, 5) is 22.9. The van der Waals surface area contributed by atoms with Gasteiger partial charge in [-0.1, -0.05) is 26.0 Å². The van der Waals surface area contributed by atoms with Gasteiger partial charge in [-0.25, -0.2) is 0 Å². The fourth-order valence-corrected chi connectivity index (χ4v) is 2.01. The van der Waals surface area contributed by atoms with Crippen molar-refractivity contribution in [2.45, 2.75) is 33.3 Å². The number of carbonyl (C=O) groups excluding carboxylic acids is 2. The maximum atomic E-state index is 11.5. The zero-order valence-corrected chi connectivity index (χ0v) is 13.9. The van der Waals surface area contributed by atoms with Crippen molar-refractivity contribution in [2.75, 3.05) is 6.61 Å². The first-order valence-corrected chi connectivity index (χ1v) is 7.61. The number of rotatable bonds is 7. The molecule has 0 radical (unpaired) electrons. The van der Waals surface area contributed by atoms with Gasteiger partial charge in [0.05, 0.1) is 19.4 Å². The first kappa shape index (κ1) is 16.9. The van der Waals surface area contributed by atoms with Gasteiger partial charge < -0.3 is 9.47 Å². The number of carbonyl (C=O) groups is 2. The van der Waals surface area contributed by atoms with Crippen molar-refractivity contribution in [2.24, 2.45) is 5.92 Å². The van der Waals surface area contributed by atoms with E-state index in [1.807, 2.05) is 38.1 Å². The van der Waals surface area contributed by atoms with Gasteiger partial charge in [0.25, 0.3) is 0 Å². The minimum atomic E-state index is -0.384. The van der Waals surface area contributed by atoms with Crippen molar-refractivity contribution in [3.8, 4) is 0 Å². The fourth-order valence-electron chi connectivity index (χ4n) is 1.40. The summed E-state index contributed by atoms with van der Waals surface area (Å²) >= 11 is 2.20. The van der Waals surface area contributed by atoms with Crippen LogP contribution in [0.4, 0.5) is 0 Å². The molecule has 110 valence electrons. The molecule has 1 aromatic rings. The third kappa shape index (κ3) is 7.47. The zero-order chi connectivity index (χ0) is 15.0. The highest BCUT2D eigenvalue weighted by molar-refractivity contribution is 14.1. The number of esters is 2. The molecule has 5 heteroatoms. The van der Waals surface area contributed by atoms with Crippen LogP contribution in [0.2, 0.25) is 0 Å². The zero-order valence-electron chi connectivity index (χ0n) is 11.7. The first-order chi connectivity index (χ1) is 9.47. The average molecular weight is 390 g/mol. The minimum absolute atomic E-state index is 0.0564. The summed E-state index contributed by atoms with van der Waals surface area (Å²) in [5.41, 5.74) is 0.938.